The Balaban J connectivity index is 1.23. The minimum Gasteiger partial charge on any atom is -0.484 e. The Bertz CT molecular complexity index is 1580. The maximum Gasteiger partial charge on any atom is 0.336 e. The Hall–Kier alpha value is -4.06. The molecule has 2 bridgehead atoms. The standard InChI is InChI=1S/C30H26ClN3O4/c1-19(28(18-35)33-16-21-6-7-22(17-33)34(21)20-10-12-32-13-11-20)37-23-8-9-25-26(15-30(36)38-29(25)14-23)24-4-2-3-5-27(24)31/h2-5,8-15,19,21-22H,6-7,16-17H2,1H3/t19-,21?,22?/m1/s1. The number of ether oxygens (including phenoxy) is 1. The highest BCUT2D eigenvalue weighted by molar-refractivity contribution is 6.33. The molecule has 2 aliphatic heterocycles. The average molecular weight is 528 g/mol. The first-order chi connectivity index (χ1) is 18.5. The SMILES string of the molecule is C[C@@H](Oc1ccc2c(-c3ccccc3Cl)cc(=O)oc2c1)C(=C=O)N1CC2CCC(C1)N2c1ccncc1. The molecular weight excluding hydrogens is 502 g/mol. The topological polar surface area (TPSA) is 75.9 Å². The zero-order valence-corrected chi connectivity index (χ0v) is 21.6. The summed E-state index contributed by atoms with van der Waals surface area (Å²) in [4.78, 5) is 33.2. The number of aromatic nitrogens is 1. The lowest BCUT2D eigenvalue weighted by molar-refractivity contribution is 0.181. The van der Waals surface area contributed by atoms with Crippen molar-refractivity contribution in [1.82, 2.24) is 9.88 Å². The summed E-state index contributed by atoms with van der Waals surface area (Å²) in [5.41, 5.74) is 3.01. The molecule has 0 amide bonds. The van der Waals surface area contributed by atoms with Crippen LogP contribution < -0.4 is 15.3 Å². The van der Waals surface area contributed by atoms with Crippen LogP contribution in [0.3, 0.4) is 0 Å². The first kappa shape index (κ1) is 24.3. The highest BCUT2D eigenvalue weighted by Gasteiger charge is 2.41. The van der Waals surface area contributed by atoms with Crippen LogP contribution in [0.4, 0.5) is 5.69 Å². The van der Waals surface area contributed by atoms with E-state index in [0.717, 1.165) is 36.9 Å². The summed E-state index contributed by atoms with van der Waals surface area (Å²) in [5.74, 6) is 2.65. The second kappa shape index (κ2) is 10.0. The number of nitrogens with zero attached hydrogens (tertiary/aromatic N) is 3. The van der Waals surface area contributed by atoms with Gasteiger partial charge in [-0.2, -0.15) is 0 Å². The zero-order chi connectivity index (χ0) is 26.2. The Morgan fingerprint density at radius 3 is 2.50 bits per heavy atom. The van der Waals surface area contributed by atoms with Gasteiger partial charge in [-0.25, -0.2) is 9.59 Å². The molecule has 4 aromatic rings. The quantitative estimate of drug-likeness (QED) is 0.247. The molecule has 0 spiro atoms. The number of hydrogen-bond donors (Lipinski definition) is 0. The molecule has 2 fully saturated rings. The summed E-state index contributed by atoms with van der Waals surface area (Å²) in [6, 6.07) is 18.8. The monoisotopic (exact) mass is 527 g/mol. The van der Waals surface area contributed by atoms with E-state index in [4.69, 9.17) is 20.8 Å². The van der Waals surface area contributed by atoms with Crippen molar-refractivity contribution >= 4 is 34.2 Å². The van der Waals surface area contributed by atoms with Crippen LogP contribution >= 0.6 is 11.6 Å². The summed E-state index contributed by atoms with van der Waals surface area (Å²) >= 11 is 6.40. The van der Waals surface area contributed by atoms with Gasteiger partial charge in [0.15, 0.2) is 0 Å². The molecule has 2 aromatic heterocycles. The predicted octanol–water partition coefficient (Wildman–Crippen LogP) is 5.34. The summed E-state index contributed by atoms with van der Waals surface area (Å²) in [5, 5.41) is 1.29. The van der Waals surface area contributed by atoms with E-state index < -0.39 is 11.7 Å². The molecule has 0 saturated carbocycles. The first-order valence-electron chi connectivity index (χ1n) is 12.7. The van der Waals surface area contributed by atoms with Gasteiger partial charge in [-0.1, -0.05) is 29.8 Å². The number of pyridine rings is 1. The molecule has 192 valence electrons. The lowest BCUT2D eigenvalue weighted by Gasteiger charge is -2.44. The van der Waals surface area contributed by atoms with Crippen LogP contribution in [0, 0.1) is 0 Å². The molecule has 0 N–H and O–H groups in total. The van der Waals surface area contributed by atoms with Crippen molar-refractivity contribution in [3.8, 4) is 16.9 Å². The van der Waals surface area contributed by atoms with Gasteiger partial charge in [-0.05, 0) is 50.1 Å². The fourth-order valence-corrected chi connectivity index (χ4v) is 6.06. The van der Waals surface area contributed by atoms with Gasteiger partial charge in [0.25, 0.3) is 0 Å². The van der Waals surface area contributed by atoms with Gasteiger partial charge in [0, 0.05) is 76.9 Å². The van der Waals surface area contributed by atoms with Crippen molar-refractivity contribution in [2.45, 2.75) is 38.0 Å². The highest BCUT2D eigenvalue weighted by Crippen LogP contribution is 2.37. The summed E-state index contributed by atoms with van der Waals surface area (Å²) in [7, 11) is 0. The maximum atomic E-state index is 12.4. The number of benzene rings is 2. The molecule has 0 radical (unpaired) electrons. The molecule has 2 unspecified atom stereocenters. The number of carbonyl (C=O) groups excluding carboxylic acids is 1. The summed E-state index contributed by atoms with van der Waals surface area (Å²) in [6.07, 6.45) is 5.24. The van der Waals surface area contributed by atoms with Crippen LogP contribution in [0.15, 0.2) is 88.0 Å². The van der Waals surface area contributed by atoms with E-state index >= 15 is 0 Å². The third kappa shape index (κ3) is 4.44. The van der Waals surface area contributed by atoms with Gasteiger partial charge >= 0.3 is 5.63 Å². The first-order valence-corrected chi connectivity index (χ1v) is 13.1. The lowest BCUT2D eigenvalue weighted by atomic mass is 10.0. The number of fused-ring (bicyclic) bond motifs is 3. The van der Waals surface area contributed by atoms with E-state index in [0.29, 0.717) is 39.7 Å². The van der Waals surface area contributed by atoms with Crippen molar-refractivity contribution < 1.29 is 13.9 Å². The van der Waals surface area contributed by atoms with Crippen LogP contribution in [0.5, 0.6) is 5.75 Å². The van der Waals surface area contributed by atoms with E-state index in [2.05, 4.69) is 20.7 Å². The Kier molecular flexibility index (Phi) is 6.40. The van der Waals surface area contributed by atoms with E-state index in [-0.39, 0.29) is 0 Å². The van der Waals surface area contributed by atoms with E-state index in [9.17, 15) is 9.59 Å². The molecule has 2 saturated heterocycles. The highest BCUT2D eigenvalue weighted by atomic mass is 35.5. The van der Waals surface area contributed by atoms with Gasteiger partial charge in [-0.15, -0.1) is 0 Å². The van der Waals surface area contributed by atoms with Gasteiger partial charge in [-0.3, -0.25) is 4.98 Å². The molecular formula is C30H26ClN3O4. The molecule has 2 aromatic carbocycles. The Morgan fingerprint density at radius 1 is 1.05 bits per heavy atom. The maximum absolute atomic E-state index is 12.4. The fraction of sp³-hybridized carbons (Fsp3) is 0.267. The summed E-state index contributed by atoms with van der Waals surface area (Å²) < 4.78 is 11.7. The number of halogens is 1. The van der Waals surface area contributed by atoms with Gasteiger partial charge < -0.3 is 19.0 Å². The lowest BCUT2D eigenvalue weighted by Crippen LogP contribution is -2.54. The van der Waals surface area contributed by atoms with Crippen LogP contribution in [0.2, 0.25) is 5.02 Å². The number of piperazine rings is 1. The Morgan fingerprint density at radius 2 is 1.79 bits per heavy atom. The smallest absolute Gasteiger partial charge is 0.336 e. The second-order valence-electron chi connectivity index (χ2n) is 9.77. The predicted molar refractivity (Wildman–Crippen MR) is 147 cm³/mol. The van der Waals surface area contributed by atoms with Crippen LogP contribution in [0.25, 0.3) is 22.1 Å². The van der Waals surface area contributed by atoms with Crippen molar-refractivity contribution in [2.24, 2.45) is 0 Å². The van der Waals surface area contributed by atoms with Crippen LogP contribution in [-0.2, 0) is 4.79 Å². The minimum absolute atomic E-state index is 0.310. The molecule has 0 aliphatic carbocycles. The normalized spacial score (nSPS) is 19.3. The van der Waals surface area contributed by atoms with Gasteiger partial charge in [0.2, 0.25) is 0 Å². The number of hydrogen-bond acceptors (Lipinski definition) is 7. The molecule has 2 aliphatic rings. The molecule has 4 heterocycles. The molecule has 3 atom stereocenters. The van der Waals surface area contributed by atoms with E-state index in [1.807, 2.05) is 61.8 Å². The fourth-order valence-electron chi connectivity index (χ4n) is 5.82. The minimum atomic E-state index is -0.532. The number of likely N-dealkylation sites (tertiary alicyclic amines) is 1. The van der Waals surface area contributed by atoms with Crippen molar-refractivity contribution in [3.05, 3.63) is 94.2 Å². The zero-order valence-electron chi connectivity index (χ0n) is 20.8. The summed E-state index contributed by atoms with van der Waals surface area (Å²) in [6.45, 7) is 3.30. The molecule has 7 nitrogen and oxygen atoms in total. The van der Waals surface area contributed by atoms with Gasteiger partial charge in [0.1, 0.15) is 29.1 Å². The third-order valence-electron chi connectivity index (χ3n) is 7.47. The van der Waals surface area contributed by atoms with Crippen molar-refractivity contribution in [2.75, 3.05) is 18.0 Å². The van der Waals surface area contributed by atoms with E-state index in [1.54, 1.807) is 12.1 Å². The largest absolute Gasteiger partial charge is 0.484 e. The molecule has 6 rings (SSSR count). The second-order valence-corrected chi connectivity index (χ2v) is 10.2. The Labute approximate surface area is 224 Å². The molecule has 38 heavy (non-hydrogen) atoms. The van der Waals surface area contributed by atoms with Gasteiger partial charge in [0.05, 0.1) is 0 Å². The number of rotatable bonds is 6. The molecule has 8 heteroatoms. The average Bonchev–Trinajstić information content (AvgIpc) is 3.19. The van der Waals surface area contributed by atoms with Crippen LogP contribution in [-0.4, -0.2) is 47.1 Å². The third-order valence-corrected chi connectivity index (χ3v) is 7.80. The van der Waals surface area contributed by atoms with Crippen molar-refractivity contribution in [3.63, 3.8) is 0 Å². The van der Waals surface area contributed by atoms with Crippen molar-refractivity contribution in [1.29, 1.82) is 0 Å². The van der Waals surface area contributed by atoms with E-state index in [1.165, 1.54) is 11.8 Å². The number of anilines is 1. The van der Waals surface area contributed by atoms with Crippen LogP contribution in [0.1, 0.15) is 19.8 Å².